The van der Waals surface area contributed by atoms with Crippen molar-refractivity contribution >= 4 is 35.6 Å². The second kappa shape index (κ2) is 10.6. The lowest BCUT2D eigenvalue weighted by Gasteiger charge is -2.37. The average Bonchev–Trinajstić information content (AvgIpc) is 3.26. The topological polar surface area (TPSA) is 56.9 Å². The van der Waals surface area contributed by atoms with E-state index in [9.17, 15) is 8.78 Å². The number of aromatic nitrogens is 1. The molecular formula is C22H24F2IN5O. The van der Waals surface area contributed by atoms with Crippen LogP contribution in [0.25, 0.3) is 11.3 Å². The molecule has 0 amide bonds. The summed E-state index contributed by atoms with van der Waals surface area (Å²) in [6, 6.07) is 13.3. The molecule has 1 aliphatic heterocycles. The molecule has 0 unspecified atom stereocenters. The predicted molar refractivity (Wildman–Crippen MR) is 128 cm³/mol. The number of nitrogens with zero attached hydrogens (tertiary/aromatic N) is 4. The first-order chi connectivity index (χ1) is 14.6. The molecule has 0 bridgehead atoms. The number of nitrogens with one attached hydrogen (secondary N) is 1. The van der Waals surface area contributed by atoms with Crippen molar-refractivity contribution in [3.8, 4) is 11.3 Å². The molecule has 0 radical (unpaired) electrons. The zero-order valence-electron chi connectivity index (χ0n) is 17.1. The second-order valence-electron chi connectivity index (χ2n) is 6.95. The third-order valence-electron chi connectivity index (χ3n) is 5.05. The van der Waals surface area contributed by atoms with Crippen LogP contribution >= 0.6 is 24.0 Å². The second-order valence-corrected chi connectivity index (χ2v) is 6.95. The van der Waals surface area contributed by atoms with E-state index in [0.29, 0.717) is 56.0 Å². The van der Waals surface area contributed by atoms with Gasteiger partial charge in [-0.1, -0.05) is 30.3 Å². The Morgan fingerprint density at radius 1 is 1.10 bits per heavy atom. The van der Waals surface area contributed by atoms with E-state index in [1.165, 1.54) is 6.07 Å². The Balaban J connectivity index is 0.00000272. The number of oxazole rings is 1. The van der Waals surface area contributed by atoms with Crippen LogP contribution in [0.5, 0.6) is 0 Å². The lowest BCUT2D eigenvalue weighted by molar-refractivity contribution is 0.367. The summed E-state index contributed by atoms with van der Waals surface area (Å²) in [6.45, 7) is 2.81. The van der Waals surface area contributed by atoms with Crippen molar-refractivity contribution in [3.05, 3.63) is 72.3 Å². The molecule has 0 atom stereocenters. The third-order valence-corrected chi connectivity index (χ3v) is 5.05. The summed E-state index contributed by atoms with van der Waals surface area (Å²) in [5.74, 6) is 1.15. The molecule has 0 spiro atoms. The van der Waals surface area contributed by atoms with Gasteiger partial charge in [-0.3, -0.25) is 4.99 Å². The van der Waals surface area contributed by atoms with Crippen molar-refractivity contribution in [2.24, 2.45) is 4.99 Å². The molecule has 0 saturated carbocycles. The van der Waals surface area contributed by atoms with Crippen LogP contribution in [0.15, 0.2) is 64.1 Å². The molecule has 2 heterocycles. The average molecular weight is 539 g/mol. The summed E-state index contributed by atoms with van der Waals surface area (Å²) in [6.07, 6.45) is 1.71. The molecular weight excluding hydrogens is 515 g/mol. The summed E-state index contributed by atoms with van der Waals surface area (Å²) in [5.41, 5.74) is 1.27. The highest BCUT2D eigenvalue weighted by Crippen LogP contribution is 2.22. The Labute approximate surface area is 197 Å². The van der Waals surface area contributed by atoms with E-state index in [-0.39, 0.29) is 24.0 Å². The van der Waals surface area contributed by atoms with Crippen LogP contribution < -0.4 is 10.2 Å². The maximum atomic E-state index is 14.0. The van der Waals surface area contributed by atoms with Gasteiger partial charge in [0, 0.05) is 44.9 Å². The maximum Gasteiger partial charge on any atom is 0.214 e. The Kier molecular flexibility index (Phi) is 7.83. The van der Waals surface area contributed by atoms with Gasteiger partial charge in [-0.25, -0.2) is 13.8 Å². The molecule has 9 heteroatoms. The lowest BCUT2D eigenvalue weighted by Crippen LogP contribution is -2.52. The Hall–Kier alpha value is -2.69. The highest BCUT2D eigenvalue weighted by Gasteiger charge is 2.22. The summed E-state index contributed by atoms with van der Waals surface area (Å²) in [4.78, 5) is 12.6. The Bertz CT molecular complexity index is 1020. The minimum absolute atomic E-state index is 0. The van der Waals surface area contributed by atoms with Crippen molar-refractivity contribution in [2.45, 2.75) is 6.54 Å². The summed E-state index contributed by atoms with van der Waals surface area (Å²) < 4.78 is 33.3. The molecule has 1 N–H and O–H groups in total. The van der Waals surface area contributed by atoms with Crippen LogP contribution in [-0.2, 0) is 6.54 Å². The molecule has 1 aromatic heterocycles. The van der Waals surface area contributed by atoms with Crippen molar-refractivity contribution in [1.29, 1.82) is 0 Å². The number of benzene rings is 2. The van der Waals surface area contributed by atoms with Gasteiger partial charge in [-0.05, 0) is 12.1 Å². The highest BCUT2D eigenvalue weighted by molar-refractivity contribution is 14.0. The van der Waals surface area contributed by atoms with Crippen molar-refractivity contribution < 1.29 is 13.2 Å². The van der Waals surface area contributed by atoms with E-state index in [0.717, 1.165) is 17.7 Å². The van der Waals surface area contributed by atoms with Gasteiger partial charge in [0.15, 0.2) is 11.7 Å². The minimum Gasteiger partial charge on any atom is -0.439 e. The molecule has 6 nitrogen and oxygen atoms in total. The number of aliphatic imine (C=N–C) groups is 1. The van der Waals surface area contributed by atoms with Gasteiger partial charge >= 0.3 is 0 Å². The zero-order chi connectivity index (χ0) is 20.9. The van der Waals surface area contributed by atoms with Crippen molar-refractivity contribution in [1.82, 2.24) is 15.2 Å². The number of rotatable bonds is 4. The standard InChI is InChI=1S/C22H23F2N5O.HI/c1-25-22(27-15-21-26-14-20(30-21)16-5-3-2-4-6-16)29-11-9-28(10-12-29)19-13-17(23)7-8-18(19)24;/h2-8,13-14H,9-12,15H2,1H3,(H,25,27);1H. The van der Waals surface area contributed by atoms with E-state index in [2.05, 4.69) is 20.2 Å². The van der Waals surface area contributed by atoms with Crippen LogP contribution in [-0.4, -0.2) is 49.1 Å². The largest absolute Gasteiger partial charge is 0.439 e. The van der Waals surface area contributed by atoms with Crippen LogP contribution in [0.3, 0.4) is 0 Å². The minimum atomic E-state index is -0.438. The number of hydrogen-bond acceptors (Lipinski definition) is 4. The molecule has 164 valence electrons. The monoisotopic (exact) mass is 539 g/mol. The van der Waals surface area contributed by atoms with E-state index >= 15 is 0 Å². The van der Waals surface area contributed by atoms with Crippen molar-refractivity contribution in [2.75, 3.05) is 38.1 Å². The fraction of sp³-hybridized carbons (Fsp3) is 0.273. The first-order valence-corrected chi connectivity index (χ1v) is 9.80. The van der Waals surface area contributed by atoms with Gasteiger partial charge in [0.2, 0.25) is 5.89 Å². The fourth-order valence-electron chi connectivity index (χ4n) is 3.50. The van der Waals surface area contributed by atoms with Gasteiger partial charge in [-0.2, -0.15) is 0 Å². The molecule has 0 aliphatic carbocycles. The first kappa shape index (κ1) is 23.0. The Morgan fingerprint density at radius 3 is 2.55 bits per heavy atom. The number of anilines is 1. The van der Waals surface area contributed by atoms with E-state index in [1.54, 1.807) is 13.2 Å². The van der Waals surface area contributed by atoms with Gasteiger partial charge in [-0.15, -0.1) is 24.0 Å². The maximum absolute atomic E-state index is 14.0. The van der Waals surface area contributed by atoms with E-state index < -0.39 is 11.6 Å². The molecule has 1 saturated heterocycles. The molecule has 4 rings (SSSR count). The van der Waals surface area contributed by atoms with Crippen LogP contribution in [0.4, 0.5) is 14.5 Å². The lowest BCUT2D eigenvalue weighted by atomic mass is 10.2. The van der Waals surface area contributed by atoms with Gasteiger partial charge in [0.05, 0.1) is 18.4 Å². The molecule has 31 heavy (non-hydrogen) atoms. The molecule has 1 aliphatic rings. The normalized spacial score (nSPS) is 14.4. The molecule has 3 aromatic rings. The number of hydrogen-bond donors (Lipinski definition) is 1. The third kappa shape index (κ3) is 5.52. The zero-order valence-corrected chi connectivity index (χ0v) is 19.4. The van der Waals surface area contributed by atoms with E-state index in [4.69, 9.17) is 4.42 Å². The van der Waals surface area contributed by atoms with Gasteiger partial charge in [0.1, 0.15) is 11.6 Å². The first-order valence-electron chi connectivity index (χ1n) is 9.80. The van der Waals surface area contributed by atoms with Gasteiger partial charge in [0.25, 0.3) is 0 Å². The fourth-order valence-corrected chi connectivity index (χ4v) is 3.50. The SMILES string of the molecule is CN=C(NCc1ncc(-c2ccccc2)o1)N1CCN(c2cc(F)ccc2F)CC1.I. The quantitative estimate of drug-likeness (QED) is 0.307. The van der Waals surface area contributed by atoms with Crippen LogP contribution in [0.1, 0.15) is 5.89 Å². The summed E-state index contributed by atoms with van der Waals surface area (Å²) in [7, 11) is 1.71. The smallest absolute Gasteiger partial charge is 0.214 e. The predicted octanol–water partition coefficient (Wildman–Crippen LogP) is 4.14. The molecule has 1 fully saturated rings. The number of piperazine rings is 1. The number of guanidine groups is 1. The van der Waals surface area contributed by atoms with Gasteiger partial charge < -0.3 is 19.5 Å². The van der Waals surface area contributed by atoms with Crippen molar-refractivity contribution in [3.63, 3.8) is 0 Å². The Morgan fingerprint density at radius 2 is 1.84 bits per heavy atom. The number of halogens is 3. The van der Waals surface area contributed by atoms with Crippen LogP contribution in [0.2, 0.25) is 0 Å². The molecule has 2 aromatic carbocycles. The highest BCUT2D eigenvalue weighted by atomic mass is 127. The summed E-state index contributed by atoms with van der Waals surface area (Å²) in [5, 5.41) is 3.26. The van der Waals surface area contributed by atoms with Crippen LogP contribution in [0, 0.1) is 11.6 Å². The summed E-state index contributed by atoms with van der Waals surface area (Å²) >= 11 is 0. The van der Waals surface area contributed by atoms with E-state index in [1.807, 2.05) is 35.2 Å².